The van der Waals surface area contributed by atoms with Crippen molar-refractivity contribution in [2.24, 2.45) is 5.73 Å². The molecule has 0 heterocycles. The zero-order valence-electron chi connectivity index (χ0n) is 10.9. The quantitative estimate of drug-likeness (QED) is 0.714. The van der Waals surface area contributed by atoms with Gasteiger partial charge in [0.1, 0.15) is 0 Å². The first-order chi connectivity index (χ1) is 7.96. The zero-order chi connectivity index (χ0) is 12.9. The van der Waals surface area contributed by atoms with Crippen LogP contribution < -0.4 is 10.5 Å². The van der Waals surface area contributed by atoms with Crippen molar-refractivity contribution in [3.05, 3.63) is 0 Å². The molecule has 1 aliphatic carbocycles. The highest BCUT2D eigenvalue weighted by Crippen LogP contribution is 2.29. The van der Waals surface area contributed by atoms with Crippen molar-refractivity contribution < 1.29 is 8.42 Å². The predicted octanol–water partition coefficient (Wildman–Crippen LogP) is 0.824. The summed E-state index contributed by atoms with van der Waals surface area (Å²) in [4.78, 5) is 0. The fraction of sp³-hybridized carbons (Fsp3) is 1.00. The monoisotopic (exact) mass is 263 g/mol. The lowest BCUT2D eigenvalue weighted by atomic mass is 10.0. The Morgan fingerprint density at radius 3 is 2.41 bits per heavy atom. The molecule has 0 unspecified atom stereocenters. The highest BCUT2D eigenvalue weighted by molar-refractivity contribution is 7.87. The highest BCUT2D eigenvalue weighted by Gasteiger charge is 2.37. The second kappa shape index (κ2) is 6.13. The fourth-order valence-corrected chi connectivity index (χ4v) is 3.61. The summed E-state index contributed by atoms with van der Waals surface area (Å²) in [6.07, 6.45) is 5.68. The van der Waals surface area contributed by atoms with Gasteiger partial charge in [0, 0.05) is 25.7 Å². The van der Waals surface area contributed by atoms with Crippen LogP contribution in [-0.4, -0.2) is 38.4 Å². The van der Waals surface area contributed by atoms with E-state index in [2.05, 4.69) is 4.72 Å². The van der Waals surface area contributed by atoms with E-state index in [1.54, 1.807) is 7.05 Å². The number of unbranched alkanes of at least 4 members (excludes halogenated alkanes) is 1. The highest BCUT2D eigenvalue weighted by atomic mass is 32.2. The summed E-state index contributed by atoms with van der Waals surface area (Å²) in [6, 6.07) is 0. The van der Waals surface area contributed by atoms with Crippen LogP contribution in [0.1, 0.15) is 45.4 Å². The van der Waals surface area contributed by atoms with Gasteiger partial charge in [0.2, 0.25) is 0 Å². The van der Waals surface area contributed by atoms with E-state index in [1.165, 1.54) is 4.31 Å². The molecule has 0 spiro atoms. The Labute approximate surface area is 105 Å². The van der Waals surface area contributed by atoms with Crippen LogP contribution in [0.15, 0.2) is 0 Å². The van der Waals surface area contributed by atoms with Crippen LogP contribution in [0.3, 0.4) is 0 Å². The van der Waals surface area contributed by atoms with E-state index in [1.807, 2.05) is 6.92 Å². The van der Waals surface area contributed by atoms with E-state index in [9.17, 15) is 8.42 Å². The number of nitrogens with zero attached hydrogens (tertiary/aromatic N) is 1. The van der Waals surface area contributed by atoms with Gasteiger partial charge in [0.15, 0.2) is 0 Å². The first-order valence-corrected chi connectivity index (χ1v) is 7.85. The Balaban J connectivity index is 2.64. The molecule has 17 heavy (non-hydrogen) atoms. The van der Waals surface area contributed by atoms with Crippen molar-refractivity contribution in [1.29, 1.82) is 0 Å². The summed E-state index contributed by atoms with van der Waals surface area (Å²) in [5.41, 5.74) is 5.33. The Bertz CT molecular complexity index is 324. The van der Waals surface area contributed by atoms with Crippen LogP contribution >= 0.6 is 0 Å². The minimum atomic E-state index is -3.38. The van der Waals surface area contributed by atoms with E-state index < -0.39 is 15.7 Å². The molecule has 1 rings (SSSR count). The summed E-state index contributed by atoms with van der Waals surface area (Å²) in [5.74, 6) is 0. The van der Waals surface area contributed by atoms with E-state index in [4.69, 9.17) is 5.73 Å². The van der Waals surface area contributed by atoms with E-state index in [-0.39, 0.29) is 0 Å². The second-order valence-electron chi connectivity index (χ2n) is 4.97. The third-order valence-electron chi connectivity index (χ3n) is 3.53. The standard InChI is InChI=1S/C11H25N3O2S/c1-3-4-9-14(2)17(15,16)13-11(10-12)7-5-6-8-11/h13H,3-10,12H2,1-2H3. The van der Waals surface area contributed by atoms with Gasteiger partial charge in [-0.25, -0.2) is 0 Å². The molecule has 0 aromatic heterocycles. The summed E-state index contributed by atoms with van der Waals surface area (Å²) >= 11 is 0. The molecule has 0 aliphatic heterocycles. The molecule has 0 aromatic carbocycles. The van der Waals surface area contributed by atoms with Crippen LogP contribution in [0.25, 0.3) is 0 Å². The Kier molecular flexibility index (Phi) is 5.37. The zero-order valence-corrected chi connectivity index (χ0v) is 11.7. The maximum Gasteiger partial charge on any atom is 0.279 e. The average Bonchev–Trinajstić information content (AvgIpc) is 2.74. The lowest BCUT2D eigenvalue weighted by Crippen LogP contribution is -2.55. The number of hydrogen-bond donors (Lipinski definition) is 2. The lowest BCUT2D eigenvalue weighted by Gasteiger charge is -2.30. The van der Waals surface area contributed by atoms with Gasteiger partial charge in [0.05, 0.1) is 0 Å². The minimum absolute atomic E-state index is 0.383. The van der Waals surface area contributed by atoms with Gasteiger partial charge in [-0.05, 0) is 19.3 Å². The fourth-order valence-electron chi connectivity index (χ4n) is 2.25. The molecule has 0 aromatic rings. The topological polar surface area (TPSA) is 75.4 Å². The van der Waals surface area contributed by atoms with Crippen molar-refractivity contribution in [2.75, 3.05) is 20.1 Å². The SMILES string of the molecule is CCCCN(C)S(=O)(=O)NC1(CN)CCCC1. The molecular formula is C11H25N3O2S. The Morgan fingerprint density at radius 2 is 1.94 bits per heavy atom. The third kappa shape index (κ3) is 3.91. The maximum absolute atomic E-state index is 12.1. The second-order valence-corrected chi connectivity index (χ2v) is 6.75. The first kappa shape index (κ1) is 14.9. The minimum Gasteiger partial charge on any atom is -0.329 e. The lowest BCUT2D eigenvalue weighted by molar-refractivity contribution is 0.372. The molecule has 102 valence electrons. The summed E-state index contributed by atoms with van der Waals surface area (Å²) < 4.78 is 28.4. The van der Waals surface area contributed by atoms with Gasteiger partial charge in [0.25, 0.3) is 10.2 Å². The van der Waals surface area contributed by atoms with Gasteiger partial charge in [-0.2, -0.15) is 17.4 Å². The molecule has 0 bridgehead atoms. The molecule has 1 aliphatic rings. The van der Waals surface area contributed by atoms with Crippen molar-refractivity contribution in [3.63, 3.8) is 0 Å². The van der Waals surface area contributed by atoms with Crippen LogP contribution in [-0.2, 0) is 10.2 Å². The molecule has 0 saturated heterocycles. The van der Waals surface area contributed by atoms with Gasteiger partial charge < -0.3 is 5.73 Å². The van der Waals surface area contributed by atoms with Gasteiger partial charge in [-0.15, -0.1) is 0 Å². The number of hydrogen-bond acceptors (Lipinski definition) is 3. The summed E-state index contributed by atoms with van der Waals surface area (Å²) in [6.45, 7) is 2.99. The van der Waals surface area contributed by atoms with Crippen molar-refractivity contribution in [3.8, 4) is 0 Å². The molecular weight excluding hydrogens is 238 g/mol. The predicted molar refractivity (Wildman–Crippen MR) is 69.8 cm³/mol. The number of rotatable bonds is 7. The number of nitrogens with two attached hydrogens (primary N) is 1. The molecule has 1 fully saturated rings. The van der Waals surface area contributed by atoms with Crippen molar-refractivity contribution in [2.45, 2.75) is 51.0 Å². The molecule has 6 heteroatoms. The third-order valence-corrected chi connectivity index (χ3v) is 5.23. The Morgan fingerprint density at radius 1 is 1.35 bits per heavy atom. The Hall–Kier alpha value is -0.170. The summed E-state index contributed by atoms with van der Waals surface area (Å²) in [7, 11) is -1.76. The molecule has 3 N–H and O–H groups in total. The molecule has 0 amide bonds. The van der Waals surface area contributed by atoms with E-state index in [0.29, 0.717) is 13.1 Å². The van der Waals surface area contributed by atoms with E-state index >= 15 is 0 Å². The van der Waals surface area contributed by atoms with Crippen LogP contribution in [0, 0.1) is 0 Å². The molecule has 0 atom stereocenters. The van der Waals surface area contributed by atoms with E-state index in [0.717, 1.165) is 38.5 Å². The van der Waals surface area contributed by atoms with Gasteiger partial charge in [-0.3, -0.25) is 0 Å². The summed E-state index contributed by atoms with van der Waals surface area (Å²) in [5, 5.41) is 0. The van der Waals surface area contributed by atoms with Crippen molar-refractivity contribution >= 4 is 10.2 Å². The smallest absolute Gasteiger partial charge is 0.279 e. The molecule has 0 radical (unpaired) electrons. The normalized spacial score (nSPS) is 20.0. The van der Waals surface area contributed by atoms with Crippen LogP contribution in [0.2, 0.25) is 0 Å². The van der Waals surface area contributed by atoms with Crippen LogP contribution in [0.4, 0.5) is 0 Å². The average molecular weight is 263 g/mol. The number of nitrogens with one attached hydrogen (secondary N) is 1. The largest absolute Gasteiger partial charge is 0.329 e. The van der Waals surface area contributed by atoms with Crippen molar-refractivity contribution in [1.82, 2.24) is 9.03 Å². The first-order valence-electron chi connectivity index (χ1n) is 6.41. The molecule has 5 nitrogen and oxygen atoms in total. The molecule has 1 saturated carbocycles. The van der Waals surface area contributed by atoms with Gasteiger partial charge in [-0.1, -0.05) is 26.2 Å². The van der Waals surface area contributed by atoms with Crippen LogP contribution in [0.5, 0.6) is 0 Å². The van der Waals surface area contributed by atoms with Gasteiger partial charge >= 0.3 is 0 Å². The maximum atomic E-state index is 12.1.